The van der Waals surface area contributed by atoms with E-state index in [0.717, 1.165) is 11.8 Å². The van der Waals surface area contributed by atoms with Crippen molar-refractivity contribution in [1.82, 2.24) is 0 Å². The second kappa shape index (κ2) is 7.25. The van der Waals surface area contributed by atoms with Gasteiger partial charge in [-0.3, -0.25) is 4.79 Å². The second-order valence-electron chi connectivity index (χ2n) is 6.82. The highest BCUT2D eigenvalue weighted by Crippen LogP contribution is 2.37. The molecule has 2 aromatic rings. The van der Waals surface area contributed by atoms with Gasteiger partial charge in [-0.1, -0.05) is 19.9 Å². The first-order valence-electron chi connectivity index (χ1n) is 8.15. The third-order valence-corrected chi connectivity index (χ3v) is 3.95. The van der Waals surface area contributed by atoms with Crippen LogP contribution in [0.4, 0.5) is 0 Å². The molecule has 0 saturated carbocycles. The summed E-state index contributed by atoms with van der Waals surface area (Å²) in [6, 6.07) is 12.5. The molecule has 25 heavy (non-hydrogen) atoms. The first-order valence-corrected chi connectivity index (χ1v) is 8.15. The smallest absolute Gasteiger partial charge is 0.183 e. The van der Waals surface area contributed by atoms with Crippen LogP contribution in [0.2, 0.25) is 0 Å². The van der Waals surface area contributed by atoms with Crippen LogP contribution in [0.1, 0.15) is 36.1 Å². The minimum absolute atomic E-state index is 0.0165. The molecule has 2 aromatic carbocycles. The van der Waals surface area contributed by atoms with Crippen molar-refractivity contribution >= 4 is 6.29 Å². The summed E-state index contributed by atoms with van der Waals surface area (Å²) in [5, 5.41) is 0. The van der Waals surface area contributed by atoms with Gasteiger partial charge in [0, 0.05) is 16.5 Å². The topological polar surface area (TPSA) is 54.0 Å². The van der Waals surface area contributed by atoms with Gasteiger partial charge in [-0.15, -0.1) is 0 Å². The summed E-state index contributed by atoms with van der Waals surface area (Å²) in [5.41, 5.74) is 1.48. The largest absolute Gasteiger partial charge is 0.493 e. The van der Waals surface area contributed by atoms with Crippen LogP contribution in [0.3, 0.4) is 0 Å². The molecule has 1 fully saturated rings. The summed E-state index contributed by atoms with van der Waals surface area (Å²) in [5.74, 6) is 1.79. The number of carbonyl (C=O) groups is 1. The van der Waals surface area contributed by atoms with E-state index >= 15 is 0 Å². The van der Waals surface area contributed by atoms with E-state index in [1.54, 1.807) is 31.4 Å². The number of ether oxygens (including phenoxy) is 4. The molecule has 0 amide bonds. The van der Waals surface area contributed by atoms with E-state index in [2.05, 4.69) is 13.8 Å². The zero-order valence-corrected chi connectivity index (χ0v) is 14.7. The lowest BCUT2D eigenvalue weighted by Crippen LogP contribution is -2.33. The molecule has 132 valence electrons. The number of aldehydes is 1. The Morgan fingerprint density at radius 1 is 1.04 bits per heavy atom. The summed E-state index contributed by atoms with van der Waals surface area (Å²) in [4.78, 5) is 10.8. The predicted octanol–water partition coefficient (Wildman–Crippen LogP) is 4.37. The Balaban J connectivity index is 1.81. The van der Waals surface area contributed by atoms with Gasteiger partial charge in [-0.2, -0.15) is 0 Å². The van der Waals surface area contributed by atoms with E-state index in [1.165, 1.54) is 0 Å². The van der Waals surface area contributed by atoms with Gasteiger partial charge in [0.15, 0.2) is 17.8 Å². The fourth-order valence-corrected chi connectivity index (χ4v) is 2.55. The maximum Gasteiger partial charge on any atom is 0.183 e. The quantitative estimate of drug-likeness (QED) is 0.755. The molecule has 1 aliphatic rings. The molecule has 0 unspecified atom stereocenters. The van der Waals surface area contributed by atoms with Crippen molar-refractivity contribution < 1.29 is 23.7 Å². The zero-order chi connectivity index (χ0) is 17.9. The number of hydrogen-bond donors (Lipinski definition) is 0. The van der Waals surface area contributed by atoms with Crippen LogP contribution < -0.4 is 9.47 Å². The Morgan fingerprint density at radius 2 is 1.72 bits per heavy atom. The molecule has 0 atom stereocenters. The van der Waals surface area contributed by atoms with Crippen LogP contribution in [0.15, 0.2) is 42.5 Å². The van der Waals surface area contributed by atoms with Crippen LogP contribution in [-0.4, -0.2) is 26.6 Å². The van der Waals surface area contributed by atoms with E-state index < -0.39 is 6.29 Å². The van der Waals surface area contributed by atoms with Gasteiger partial charge >= 0.3 is 0 Å². The molecule has 1 saturated heterocycles. The molecule has 5 heteroatoms. The van der Waals surface area contributed by atoms with Crippen molar-refractivity contribution in [3.05, 3.63) is 53.6 Å². The van der Waals surface area contributed by atoms with E-state index in [4.69, 9.17) is 18.9 Å². The van der Waals surface area contributed by atoms with Crippen LogP contribution >= 0.6 is 0 Å². The van der Waals surface area contributed by atoms with E-state index in [-0.39, 0.29) is 5.41 Å². The van der Waals surface area contributed by atoms with Crippen molar-refractivity contribution in [2.45, 2.75) is 20.1 Å². The number of methoxy groups -OCH3 is 1. The SMILES string of the molecule is COc1ccc(C2OCC(C)(C)CO2)cc1Oc1ccc(C=O)cc1. The summed E-state index contributed by atoms with van der Waals surface area (Å²) in [6.45, 7) is 5.48. The lowest BCUT2D eigenvalue weighted by Gasteiger charge is -2.34. The van der Waals surface area contributed by atoms with Gasteiger partial charge in [-0.05, 0) is 36.4 Å². The maximum absolute atomic E-state index is 10.8. The van der Waals surface area contributed by atoms with Crippen molar-refractivity contribution in [1.29, 1.82) is 0 Å². The monoisotopic (exact) mass is 342 g/mol. The van der Waals surface area contributed by atoms with Gasteiger partial charge in [0.2, 0.25) is 0 Å². The summed E-state index contributed by atoms with van der Waals surface area (Å²) in [6.07, 6.45) is 0.378. The molecule has 3 rings (SSSR count). The summed E-state index contributed by atoms with van der Waals surface area (Å²) < 4.78 is 23.0. The molecular weight excluding hydrogens is 320 g/mol. The number of hydrogen-bond acceptors (Lipinski definition) is 5. The van der Waals surface area contributed by atoms with Gasteiger partial charge in [0.1, 0.15) is 12.0 Å². The molecule has 0 aliphatic carbocycles. The van der Waals surface area contributed by atoms with E-state index in [0.29, 0.717) is 36.0 Å². The van der Waals surface area contributed by atoms with Gasteiger partial charge in [0.25, 0.3) is 0 Å². The lowest BCUT2D eigenvalue weighted by atomic mass is 9.95. The minimum atomic E-state index is -0.418. The molecule has 0 aromatic heterocycles. The third kappa shape index (κ3) is 4.18. The molecule has 0 radical (unpaired) electrons. The van der Waals surface area contributed by atoms with E-state index in [9.17, 15) is 4.79 Å². The highest BCUT2D eigenvalue weighted by molar-refractivity contribution is 5.74. The Hall–Kier alpha value is -2.37. The third-order valence-electron chi connectivity index (χ3n) is 3.95. The Labute approximate surface area is 147 Å². The number of carbonyl (C=O) groups excluding carboxylic acids is 1. The normalized spacial score (nSPS) is 17.1. The van der Waals surface area contributed by atoms with Crippen molar-refractivity contribution in [3.63, 3.8) is 0 Å². The Kier molecular flexibility index (Phi) is 5.06. The molecule has 1 heterocycles. The lowest BCUT2D eigenvalue weighted by molar-refractivity contribution is -0.226. The Morgan fingerprint density at radius 3 is 2.32 bits per heavy atom. The maximum atomic E-state index is 10.8. The van der Waals surface area contributed by atoms with Crippen LogP contribution in [0.25, 0.3) is 0 Å². The highest BCUT2D eigenvalue weighted by atomic mass is 16.7. The summed E-state index contributed by atoms with van der Waals surface area (Å²) >= 11 is 0. The highest BCUT2D eigenvalue weighted by Gasteiger charge is 2.29. The second-order valence-corrected chi connectivity index (χ2v) is 6.82. The summed E-state index contributed by atoms with van der Waals surface area (Å²) in [7, 11) is 1.59. The first kappa shape index (κ1) is 17.5. The molecule has 0 bridgehead atoms. The van der Waals surface area contributed by atoms with Crippen molar-refractivity contribution in [2.24, 2.45) is 5.41 Å². The fraction of sp³-hybridized carbons (Fsp3) is 0.350. The van der Waals surface area contributed by atoms with Gasteiger partial charge in [0.05, 0.1) is 20.3 Å². The standard InChI is InChI=1S/C20H22O5/c1-20(2)12-23-19(24-13-20)15-6-9-17(22-3)18(10-15)25-16-7-4-14(11-21)5-8-16/h4-11,19H,12-13H2,1-3H3. The predicted molar refractivity (Wildman–Crippen MR) is 93.3 cm³/mol. The van der Waals surface area contributed by atoms with Crippen LogP contribution in [0, 0.1) is 5.41 Å². The van der Waals surface area contributed by atoms with Gasteiger partial charge < -0.3 is 18.9 Å². The zero-order valence-electron chi connectivity index (χ0n) is 14.7. The van der Waals surface area contributed by atoms with Crippen molar-refractivity contribution in [3.8, 4) is 17.2 Å². The average molecular weight is 342 g/mol. The molecule has 1 aliphatic heterocycles. The minimum Gasteiger partial charge on any atom is -0.493 e. The van der Waals surface area contributed by atoms with Gasteiger partial charge in [-0.25, -0.2) is 0 Å². The van der Waals surface area contributed by atoms with Crippen LogP contribution in [0.5, 0.6) is 17.2 Å². The van der Waals surface area contributed by atoms with Crippen LogP contribution in [-0.2, 0) is 9.47 Å². The molecular formula is C20H22O5. The fourth-order valence-electron chi connectivity index (χ4n) is 2.55. The average Bonchev–Trinajstić information content (AvgIpc) is 2.62. The Bertz CT molecular complexity index is 726. The van der Waals surface area contributed by atoms with E-state index in [1.807, 2.05) is 18.2 Å². The molecule has 5 nitrogen and oxygen atoms in total. The number of benzene rings is 2. The molecule has 0 spiro atoms. The number of rotatable bonds is 5. The first-order chi connectivity index (χ1) is 12.0. The van der Waals surface area contributed by atoms with Crippen molar-refractivity contribution in [2.75, 3.05) is 20.3 Å². The molecule has 0 N–H and O–H groups in total.